The summed E-state index contributed by atoms with van der Waals surface area (Å²) in [5.74, 6) is -0.191. The zero-order chi connectivity index (χ0) is 17.1. The minimum Gasteiger partial charge on any atom is -0.375 e. The molecule has 2 aliphatic rings. The van der Waals surface area contributed by atoms with E-state index in [1.54, 1.807) is 12.1 Å². The summed E-state index contributed by atoms with van der Waals surface area (Å²) >= 11 is 6.09. The zero-order valence-electron chi connectivity index (χ0n) is 13.8. The molecule has 0 unspecified atom stereocenters. The number of amides is 1. The lowest BCUT2D eigenvalue weighted by molar-refractivity contribution is -0.141. The number of hydrogen-bond donors (Lipinski definition) is 1. The average molecular weight is 356 g/mol. The zero-order valence-corrected chi connectivity index (χ0v) is 14.6. The van der Waals surface area contributed by atoms with Crippen molar-refractivity contribution in [3.05, 3.63) is 34.6 Å². The first-order valence-electron chi connectivity index (χ1n) is 8.35. The van der Waals surface area contributed by atoms with Crippen molar-refractivity contribution in [2.75, 3.05) is 39.3 Å². The van der Waals surface area contributed by atoms with Crippen LogP contribution in [0, 0.1) is 5.82 Å². The normalized spacial score (nSPS) is 25.7. The van der Waals surface area contributed by atoms with Crippen LogP contribution in [-0.4, -0.2) is 67.2 Å². The number of carbonyl (C=O) groups excluding carboxylic acids is 1. The van der Waals surface area contributed by atoms with Crippen LogP contribution in [0.4, 0.5) is 4.39 Å². The van der Waals surface area contributed by atoms with Crippen LogP contribution >= 0.6 is 11.6 Å². The van der Waals surface area contributed by atoms with Crippen LogP contribution in [0.15, 0.2) is 18.2 Å². The monoisotopic (exact) mass is 355 g/mol. The molecular formula is C17H23ClFN3O2. The van der Waals surface area contributed by atoms with Gasteiger partial charge < -0.3 is 15.0 Å². The van der Waals surface area contributed by atoms with E-state index in [1.807, 2.05) is 11.8 Å². The number of hydrogen-bond acceptors (Lipinski definition) is 4. The highest BCUT2D eigenvalue weighted by atomic mass is 35.5. The molecule has 0 aromatic heterocycles. The molecule has 1 aromatic rings. The standard InChI is InChI=1S/C17H23ClFN3O2/c1-12-16(20-5-10-24-12)17(23)22-8-6-21(7-9-22)11-13-14(18)3-2-4-15(13)19/h2-4,12,16,20H,5-11H2,1H3/t12-,16+/m1/s1. The van der Waals surface area contributed by atoms with Crippen molar-refractivity contribution in [1.29, 1.82) is 0 Å². The van der Waals surface area contributed by atoms with Crippen LogP contribution < -0.4 is 5.32 Å². The molecule has 1 N–H and O–H groups in total. The first-order chi connectivity index (χ1) is 11.6. The fourth-order valence-electron chi connectivity index (χ4n) is 3.24. The lowest BCUT2D eigenvalue weighted by Gasteiger charge is -2.38. The molecule has 1 aromatic carbocycles. The molecule has 0 bridgehead atoms. The Morgan fingerprint density at radius 1 is 1.38 bits per heavy atom. The highest BCUT2D eigenvalue weighted by Gasteiger charge is 2.33. The molecule has 132 valence electrons. The van der Waals surface area contributed by atoms with Gasteiger partial charge >= 0.3 is 0 Å². The summed E-state index contributed by atoms with van der Waals surface area (Å²) in [5.41, 5.74) is 0.523. The lowest BCUT2D eigenvalue weighted by Crippen LogP contribution is -2.59. The summed E-state index contributed by atoms with van der Waals surface area (Å²) in [5, 5.41) is 3.68. The van der Waals surface area contributed by atoms with Crippen LogP contribution in [0.25, 0.3) is 0 Å². The van der Waals surface area contributed by atoms with E-state index in [1.165, 1.54) is 6.07 Å². The van der Waals surface area contributed by atoms with Crippen LogP contribution in [0.3, 0.4) is 0 Å². The summed E-state index contributed by atoms with van der Waals surface area (Å²) < 4.78 is 19.5. The number of carbonyl (C=O) groups is 1. The Morgan fingerprint density at radius 3 is 2.79 bits per heavy atom. The van der Waals surface area contributed by atoms with Gasteiger partial charge in [-0.05, 0) is 19.1 Å². The Labute approximate surface area is 146 Å². The molecule has 7 heteroatoms. The third-order valence-corrected chi connectivity index (χ3v) is 5.06. The second kappa shape index (κ2) is 7.78. The summed E-state index contributed by atoms with van der Waals surface area (Å²) in [6, 6.07) is 4.47. The Bertz CT molecular complexity index is 573. The van der Waals surface area contributed by atoms with E-state index in [4.69, 9.17) is 16.3 Å². The quantitative estimate of drug-likeness (QED) is 0.892. The number of rotatable bonds is 3. The Morgan fingerprint density at radius 2 is 2.12 bits per heavy atom. The molecule has 2 atom stereocenters. The van der Waals surface area contributed by atoms with Gasteiger partial charge in [-0.25, -0.2) is 4.39 Å². The van der Waals surface area contributed by atoms with E-state index >= 15 is 0 Å². The molecule has 2 fully saturated rings. The number of nitrogens with zero attached hydrogens (tertiary/aromatic N) is 2. The molecule has 0 radical (unpaired) electrons. The van der Waals surface area contributed by atoms with Gasteiger partial charge in [0.15, 0.2) is 0 Å². The topological polar surface area (TPSA) is 44.8 Å². The number of ether oxygens (including phenoxy) is 1. The van der Waals surface area contributed by atoms with E-state index in [0.29, 0.717) is 56.5 Å². The van der Waals surface area contributed by atoms with E-state index in [2.05, 4.69) is 10.2 Å². The van der Waals surface area contributed by atoms with E-state index < -0.39 is 0 Å². The van der Waals surface area contributed by atoms with Crippen molar-refractivity contribution >= 4 is 17.5 Å². The number of benzene rings is 1. The fourth-order valence-corrected chi connectivity index (χ4v) is 3.46. The molecule has 2 aliphatic heterocycles. The first-order valence-corrected chi connectivity index (χ1v) is 8.73. The van der Waals surface area contributed by atoms with Crippen molar-refractivity contribution in [2.24, 2.45) is 0 Å². The van der Waals surface area contributed by atoms with E-state index in [9.17, 15) is 9.18 Å². The minimum absolute atomic E-state index is 0.0887. The fraction of sp³-hybridized carbons (Fsp3) is 0.588. The highest BCUT2D eigenvalue weighted by Crippen LogP contribution is 2.21. The number of piperazine rings is 1. The van der Waals surface area contributed by atoms with Gasteiger partial charge in [-0.2, -0.15) is 0 Å². The predicted molar refractivity (Wildman–Crippen MR) is 90.5 cm³/mol. The smallest absolute Gasteiger partial charge is 0.242 e. The van der Waals surface area contributed by atoms with Gasteiger partial charge in [0.2, 0.25) is 5.91 Å². The van der Waals surface area contributed by atoms with Gasteiger partial charge in [0.1, 0.15) is 11.9 Å². The predicted octanol–water partition coefficient (Wildman–Crippen LogP) is 1.50. The average Bonchev–Trinajstić information content (AvgIpc) is 2.59. The summed E-state index contributed by atoms with van der Waals surface area (Å²) in [4.78, 5) is 16.6. The third kappa shape index (κ3) is 3.88. The van der Waals surface area contributed by atoms with Crippen molar-refractivity contribution in [1.82, 2.24) is 15.1 Å². The SMILES string of the molecule is C[C@H]1OCCN[C@@H]1C(=O)N1CCN(Cc2c(F)cccc2Cl)CC1. The minimum atomic E-state index is -0.279. The third-order valence-electron chi connectivity index (χ3n) is 4.71. The molecule has 0 spiro atoms. The van der Waals surface area contributed by atoms with Crippen molar-refractivity contribution in [2.45, 2.75) is 25.6 Å². The Balaban J connectivity index is 1.55. The van der Waals surface area contributed by atoms with Crippen LogP contribution in [0.2, 0.25) is 5.02 Å². The lowest BCUT2D eigenvalue weighted by atomic mass is 10.1. The summed E-state index contributed by atoms with van der Waals surface area (Å²) in [6.07, 6.45) is -0.110. The molecular weight excluding hydrogens is 333 g/mol. The molecule has 1 amide bonds. The maximum atomic E-state index is 13.9. The van der Waals surface area contributed by atoms with Gasteiger partial charge in [0.05, 0.1) is 12.7 Å². The number of nitrogens with one attached hydrogen (secondary N) is 1. The number of halogens is 2. The molecule has 5 nitrogen and oxygen atoms in total. The van der Waals surface area contributed by atoms with Gasteiger partial charge in [-0.15, -0.1) is 0 Å². The largest absolute Gasteiger partial charge is 0.375 e. The Kier molecular flexibility index (Phi) is 5.71. The molecule has 2 saturated heterocycles. The highest BCUT2D eigenvalue weighted by molar-refractivity contribution is 6.31. The van der Waals surface area contributed by atoms with Crippen molar-refractivity contribution in [3.63, 3.8) is 0 Å². The van der Waals surface area contributed by atoms with Gasteiger partial charge in [-0.1, -0.05) is 17.7 Å². The van der Waals surface area contributed by atoms with E-state index in [0.717, 1.165) is 0 Å². The van der Waals surface area contributed by atoms with Gasteiger partial charge in [0.25, 0.3) is 0 Å². The van der Waals surface area contributed by atoms with Crippen molar-refractivity contribution < 1.29 is 13.9 Å². The second-order valence-corrected chi connectivity index (χ2v) is 6.72. The van der Waals surface area contributed by atoms with Crippen LogP contribution in [0.1, 0.15) is 12.5 Å². The molecule has 24 heavy (non-hydrogen) atoms. The molecule has 0 saturated carbocycles. The number of morpholine rings is 1. The van der Waals surface area contributed by atoms with Gasteiger partial charge in [-0.3, -0.25) is 9.69 Å². The molecule has 0 aliphatic carbocycles. The maximum Gasteiger partial charge on any atom is 0.242 e. The maximum absolute atomic E-state index is 13.9. The second-order valence-electron chi connectivity index (χ2n) is 6.31. The van der Waals surface area contributed by atoms with E-state index in [-0.39, 0.29) is 23.9 Å². The van der Waals surface area contributed by atoms with Crippen LogP contribution in [-0.2, 0) is 16.1 Å². The van der Waals surface area contributed by atoms with Crippen molar-refractivity contribution in [3.8, 4) is 0 Å². The first kappa shape index (κ1) is 17.6. The summed E-state index contributed by atoms with van der Waals surface area (Å²) in [6.45, 7) is 6.41. The summed E-state index contributed by atoms with van der Waals surface area (Å²) in [7, 11) is 0. The molecule has 2 heterocycles. The van der Waals surface area contributed by atoms with Gasteiger partial charge in [0, 0.05) is 49.9 Å². The Hall–Kier alpha value is -1.21. The van der Waals surface area contributed by atoms with Crippen LogP contribution in [0.5, 0.6) is 0 Å². The molecule has 3 rings (SSSR count).